The number of benzene rings is 4. The van der Waals surface area contributed by atoms with Crippen LogP contribution < -0.4 is 15.2 Å². The van der Waals surface area contributed by atoms with Gasteiger partial charge in [0.1, 0.15) is 25.0 Å². The summed E-state index contributed by atoms with van der Waals surface area (Å²) in [5, 5.41) is 11.8. The van der Waals surface area contributed by atoms with Crippen molar-refractivity contribution >= 4 is 39.9 Å². The van der Waals surface area contributed by atoms with Crippen LogP contribution in [0.15, 0.2) is 72.8 Å². The van der Waals surface area contributed by atoms with Crippen LogP contribution in [0.2, 0.25) is 10.0 Å². The van der Waals surface area contributed by atoms with E-state index in [2.05, 4.69) is 30.2 Å². The number of hydrogen-bond acceptors (Lipinski definition) is 4. The fourth-order valence-electron chi connectivity index (χ4n) is 3.77. The van der Waals surface area contributed by atoms with Gasteiger partial charge in [-0.2, -0.15) is 0 Å². The summed E-state index contributed by atoms with van der Waals surface area (Å²) in [5.41, 5.74) is 8.66. The van der Waals surface area contributed by atoms with Crippen molar-refractivity contribution in [2.75, 3.05) is 0 Å². The molecule has 0 aromatic heterocycles. The Kier molecular flexibility index (Phi) is 8.02. The first-order valence-electron chi connectivity index (χ1n) is 11.1. The van der Waals surface area contributed by atoms with Crippen LogP contribution in [-0.2, 0) is 24.4 Å². The summed E-state index contributed by atoms with van der Waals surface area (Å²) in [5.74, 6) is 2.42. The molecule has 0 fully saturated rings. The van der Waals surface area contributed by atoms with E-state index in [0.717, 1.165) is 16.5 Å². The molecule has 36 heavy (non-hydrogen) atoms. The summed E-state index contributed by atoms with van der Waals surface area (Å²) in [6.45, 7) is 0.475. The normalized spacial score (nSPS) is 11.6. The topological polar surface area (TPSA) is 81.8 Å². The number of hydrogen-bond donors (Lipinski definition) is 2. The maximum atomic E-state index is 11.0. The molecule has 0 radical (unpaired) electrons. The Bertz CT molecular complexity index is 1440. The number of halogens is 2. The lowest BCUT2D eigenvalue weighted by molar-refractivity contribution is -0.138. The third-order valence-electron chi connectivity index (χ3n) is 5.64. The molecule has 0 heterocycles. The fourth-order valence-corrected chi connectivity index (χ4v) is 4.41. The van der Waals surface area contributed by atoms with Gasteiger partial charge in [0, 0.05) is 11.1 Å². The molecule has 0 aliphatic carbocycles. The highest BCUT2D eigenvalue weighted by Crippen LogP contribution is 2.36. The molecule has 0 saturated heterocycles. The van der Waals surface area contributed by atoms with Crippen LogP contribution in [0.1, 0.15) is 22.3 Å². The Labute approximate surface area is 219 Å². The SMILES string of the molecule is C#Cc1ccc(OCc2ccc3ccccc3c2)c(COc2c(Cl)cc(CC(N)C(=O)O)cc2Cl)c1. The molecule has 1 unspecified atom stereocenters. The highest BCUT2D eigenvalue weighted by Gasteiger charge is 2.17. The lowest BCUT2D eigenvalue weighted by Gasteiger charge is -2.16. The number of carboxylic acid groups (broad SMARTS) is 1. The summed E-state index contributed by atoms with van der Waals surface area (Å²) in [6, 6.07) is 21.9. The van der Waals surface area contributed by atoms with Crippen LogP contribution in [0, 0.1) is 12.3 Å². The second-order valence-corrected chi connectivity index (χ2v) is 9.08. The number of ether oxygens (including phenoxy) is 2. The van der Waals surface area contributed by atoms with Gasteiger partial charge in [-0.25, -0.2) is 0 Å². The highest BCUT2D eigenvalue weighted by atomic mass is 35.5. The van der Waals surface area contributed by atoms with Crippen LogP contribution in [0.5, 0.6) is 11.5 Å². The van der Waals surface area contributed by atoms with E-state index in [0.29, 0.717) is 23.5 Å². The van der Waals surface area contributed by atoms with Gasteiger partial charge in [0.25, 0.3) is 0 Å². The van der Waals surface area contributed by atoms with Crippen molar-refractivity contribution in [3.05, 3.63) is 105 Å². The third-order valence-corrected chi connectivity index (χ3v) is 6.20. The highest BCUT2D eigenvalue weighted by molar-refractivity contribution is 6.37. The van der Waals surface area contributed by atoms with Crippen molar-refractivity contribution in [2.45, 2.75) is 25.7 Å². The second-order valence-electron chi connectivity index (χ2n) is 8.26. The minimum atomic E-state index is -1.10. The quantitative estimate of drug-likeness (QED) is 0.256. The molecule has 0 spiro atoms. The monoisotopic (exact) mass is 519 g/mol. The van der Waals surface area contributed by atoms with E-state index in [4.69, 9.17) is 49.9 Å². The van der Waals surface area contributed by atoms with E-state index in [1.165, 1.54) is 5.39 Å². The molecule has 7 heteroatoms. The van der Waals surface area contributed by atoms with E-state index in [1.54, 1.807) is 18.2 Å². The Hall–Kier alpha value is -3.69. The first-order valence-corrected chi connectivity index (χ1v) is 11.9. The molecule has 4 aromatic rings. The van der Waals surface area contributed by atoms with Crippen LogP contribution in [0.3, 0.4) is 0 Å². The number of aliphatic carboxylic acids is 1. The lowest BCUT2D eigenvalue weighted by Crippen LogP contribution is -2.32. The minimum absolute atomic E-state index is 0.0893. The van der Waals surface area contributed by atoms with Gasteiger partial charge in [-0.1, -0.05) is 65.5 Å². The van der Waals surface area contributed by atoms with Crippen LogP contribution in [-0.4, -0.2) is 17.1 Å². The van der Waals surface area contributed by atoms with Crippen molar-refractivity contribution in [1.82, 2.24) is 0 Å². The van der Waals surface area contributed by atoms with Crippen LogP contribution >= 0.6 is 23.2 Å². The lowest BCUT2D eigenvalue weighted by atomic mass is 10.1. The molecule has 5 nitrogen and oxygen atoms in total. The third kappa shape index (κ3) is 6.10. The summed E-state index contributed by atoms with van der Waals surface area (Å²) in [4.78, 5) is 11.0. The summed E-state index contributed by atoms with van der Waals surface area (Å²) in [6.07, 6.45) is 5.68. The van der Waals surface area contributed by atoms with Gasteiger partial charge in [-0.05, 0) is 64.7 Å². The zero-order chi connectivity index (χ0) is 25.7. The van der Waals surface area contributed by atoms with Crippen molar-refractivity contribution < 1.29 is 19.4 Å². The molecule has 182 valence electrons. The molecular formula is C29H23Cl2NO4. The summed E-state index contributed by atoms with van der Waals surface area (Å²) in [7, 11) is 0. The molecule has 1 atom stereocenters. The predicted molar refractivity (Wildman–Crippen MR) is 143 cm³/mol. The number of terminal acetylenes is 1. The fraction of sp³-hybridized carbons (Fsp3) is 0.138. The smallest absolute Gasteiger partial charge is 0.320 e. The van der Waals surface area contributed by atoms with Gasteiger partial charge in [-0.3, -0.25) is 4.79 Å². The van der Waals surface area contributed by atoms with Gasteiger partial charge in [0.2, 0.25) is 0 Å². The zero-order valence-electron chi connectivity index (χ0n) is 19.2. The summed E-state index contributed by atoms with van der Waals surface area (Å²) >= 11 is 12.8. The maximum absolute atomic E-state index is 11.0. The molecule has 0 amide bonds. The predicted octanol–water partition coefficient (Wildman–Crippen LogP) is 6.24. The van der Waals surface area contributed by atoms with E-state index >= 15 is 0 Å². The Morgan fingerprint density at radius 3 is 2.33 bits per heavy atom. The van der Waals surface area contributed by atoms with Gasteiger partial charge in [0.15, 0.2) is 5.75 Å². The molecular weight excluding hydrogens is 497 g/mol. The Morgan fingerprint density at radius 2 is 1.64 bits per heavy atom. The average molecular weight is 520 g/mol. The first-order chi connectivity index (χ1) is 17.3. The van der Waals surface area contributed by atoms with Crippen molar-refractivity contribution in [3.63, 3.8) is 0 Å². The first kappa shape index (κ1) is 25.4. The molecule has 0 aliphatic rings. The number of rotatable bonds is 9. The Morgan fingerprint density at radius 1 is 0.917 bits per heavy atom. The maximum Gasteiger partial charge on any atom is 0.320 e. The van der Waals surface area contributed by atoms with Crippen molar-refractivity contribution in [2.24, 2.45) is 5.73 Å². The minimum Gasteiger partial charge on any atom is -0.488 e. The second kappa shape index (κ2) is 11.4. The van der Waals surface area contributed by atoms with Crippen molar-refractivity contribution in [3.8, 4) is 23.8 Å². The molecule has 4 aromatic carbocycles. The number of nitrogens with two attached hydrogens (primary N) is 1. The molecule has 0 bridgehead atoms. The molecule has 0 saturated carbocycles. The van der Waals surface area contributed by atoms with E-state index in [-0.39, 0.29) is 28.8 Å². The van der Waals surface area contributed by atoms with E-state index < -0.39 is 12.0 Å². The molecule has 0 aliphatic heterocycles. The number of carboxylic acids is 1. The standard InChI is InChI=1S/C29H23Cl2NO4/c1-2-18-8-10-27(35-16-19-7-9-21-5-3-4-6-22(21)12-19)23(11-18)17-36-28-24(30)13-20(14-25(28)31)15-26(32)29(33)34/h1,3-14,26H,15-17,32H2,(H,33,34). The van der Waals surface area contributed by atoms with E-state index in [1.807, 2.05) is 30.3 Å². The van der Waals surface area contributed by atoms with Crippen LogP contribution in [0.4, 0.5) is 0 Å². The van der Waals surface area contributed by atoms with Gasteiger partial charge < -0.3 is 20.3 Å². The summed E-state index contributed by atoms with van der Waals surface area (Å²) < 4.78 is 12.1. The number of carbonyl (C=O) groups is 1. The van der Waals surface area contributed by atoms with Gasteiger partial charge >= 0.3 is 5.97 Å². The van der Waals surface area contributed by atoms with Crippen molar-refractivity contribution in [1.29, 1.82) is 0 Å². The molecule has 4 rings (SSSR count). The van der Waals surface area contributed by atoms with Gasteiger partial charge in [0.05, 0.1) is 10.0 Å². The zero-order valence-corrected chi connectivity index (χ0v) is 20.7. The number of fused-ring (bicyclic) bond motifs is 1. The van der Waals surface area contributed by atoms with Crippen LogP contribution in [0.25, 0.3) is 10.8 Å². The largest absolute Gasteiger partial charge is 0.488 e. The van der Waals surface area contributed by atoms with E-state index in [9.17, 15) is 4.79 Å². The molecule has 3 N–H and O–H groups in total. The Balaban J connectivity index is 1.51. The van der Waals surface area contributed by atoms with Gasteiger partial charge in [-0.15, -0.1) is 6.42 Å². The average Bonchev–Trinajstić information content (AvgIpc) is 2.87.